The summed E-state index contributed by atoms with van der Waals surface area (Å²) in [5, 5.41) is 5.48. The number of carbonyl (C=O) groups is 1. The van der Waals surface area contributed by atoms with E-state index in [1.165, 1.54) is 10.4 Å². The van der Waals surface area contributed by atoms with Crippen molar-refractivity contribution in [1.29, 1.82) is 0 Å². The molecule has 5 rings (SSSR count). The molecule has 9 heteroatoms. The number of aromatic nitrogens is 2. The summed E-state index contributed by atoms with van der Waals surface area (Å²) in [6.45, 7) is 1.27. The molecule has 2 saturated heterocycles. The molecule has 2 fully saturated rings. The fourth-order valence-corrected chi connectivity index (χ4v) is 6.73. The van der Waals surface area contributed by atoms with Gasteiger partial charge in [0, 0.05) is 37.8 Å². The smallest absolute Gasteiger partial charge is 0.244 e. The molecule has 1 amide bonds. The van der Waals surface area contributed by atoms with Crippen LogP contribution in [0.2, 0.25) is 5.02 Å². The third-order valence-electron chi connectivity index (χ3n) is 6.69. The zero-order valence-corrected chi connectivity index (χ0v) is 18.7. The van der Waals surface area contributed by atoms with Gasteiger partial charge in [-0.1, -0.05) is 23.7 Å². The average molecular weight is 459 g/mol. The van der Waals surface area contributed by atoms with E-state index >= 15 is 0 Å². The number of anilines is 1. The summed E-state index contributed by atoms with van der Waals surface area (Å²) in [5.74, 6) is 0.0885. The molecule has 3 heterocycles. The maximum atomic E-state index is 13.4. The van der Waals surface area contributed by atoms with Gasteiger partial charge in [0.05, 0.1) is 22.2 Å². The van der Waals surface area contributed by atoms with Crippen LogP contribution in [0.4, 0.5) is 5.69 Å². The molecule has 0 saturated carbocycles. The van der Waals surface area contributed by atoms with Crippen LogP contribution in [-0.2, 0) is 21.9 Å². The number of amides is 1. The molecule has 0 bridgehead atoms. The first-order valence-corrected chi connectivity index (χ1v) is 12.1. The van der Waals surface area contributed by atoms with E-state index in [0.717, 1.165) is 23.0 Å². The standard InChI is InChI=1S/C22H23ClN4O3S/c1-25-19-7-6-17(14-16(19)15-24-25)27-13-10-22(21(27)28)8-11-26(12-9-22)31(29,30)20-5-3-2-4-18(20)23/h2-7,14-15H,8-13H2,1H3. The molecule has 31 heavy (non-hydrogen) atoms. The molecule has 2 aliphatic rings. The Morgan fingerprint density at radius 1 is 1.03 bits per heavy atom. The first kappa shape index (κ1) is 20.5. The number of halogens is 1. The summed E-state index contributed by atoms with van der Waals surface area (Å²) in [6, 6.07) is 12.4. The van der Waals surface area contributed by atoms with Crippen molar-refractivity contribution in [2.75, 3.05) is 24.5 Å². The largest absolute Gasteiger partial charge is 0.312 e. The molecule has 0 unspecified atom stereocenters. The average Bonchev–Trinajstić information content (AvgIpc) is 3.29. The maximum Gasteiger partial charge on any atom is 0.244 e. The third kappa shape index (κ3) is 3.24. The van der Waals surface area contributed by atoms with Crippen LogP contribution < -0.4 is 4.90 Å². The van der Waals surface area contributed by atoms with E-state index in [1.807, 2.05) is 34.8 Å². The second-order valence-corrected chi connectivity index (χ2v) is 10.6. The van der Waals surface area contributed by atoms with Crippen LogP contribution in [0.1, 0.15) is 19.3 Å². The number of carbonyl (C=O) groups excluding carboxylic acids is 1. The van der Waals surface area contributed by atoms with Gasteiger partial charge in [-0.25, -0.2) is 8.42 Å². The van der Waals surface area contributed by atoms with Gasteiger partial charge in [0.1, 0.15) is 4.90 Å². The summed E-state index contributed by atoms with van der Waals surface area (Å²) >= 11 is 6.13. The van der Waals surface area contributed by atoms with E-state index in [0.29, 0.717) is 32.5 Å². The lowest BCUT2D eigenvalue weighted by molar-refractivity contribution is -0.127. The zero-order chi connectivity index (χ0) is 21.8. The summed E-state index contributed by atoms with van der Waals surface area (Å²) in [7, 11) is -1.79. The van der Waals surface area contributed by atoms with E-state index in [4.69, 9.17) is 11.6 Å². The van der Waals surface area contributed by atoms with Crippen molar-refractivity contribution < 1.29 is 13.2 Å². The molecular weight excluding hydrogens is 436 g/mol. The Balaban J connectivity index is 1.34. The Bertz CT molecular complexity index is 1280. The van der Waals surface area contributed by atoms with Gasteiger partial charge in [0.25, 0.3) is 0 Å². The summed E-state index contributed by atoms with van der Waals surface area (Å²) in [6.07, 6.45) is 3.56. The van der Waals surface area contributed by atoms with Crippen LogP contribution in [-0.4, -0.2) is 48.0 Å². The van der Waals surface area contributed by atoms with Crippen molar-refractivity contribution in [1.82, 2.24) is 14.1 Å². The van der Waals surface area contributed by atoms with Crippen LogP contribution in [0.5, 0.6) is 0 Å². The summed E-state index contributed by atoms with van der Waals surface area (Å²) < 4.78 is 29.3. The highest BCUT2D eigenvalue weighted by molar-refractivity contribution is 7.89. The van der Waals surface area contributed by atoms with Crippen molar-refractivity contribution in [2.24, 2.45) is 12.5 Å². The molecule has 1 aromatic heterocycles. The molecule has 3 aromatic rings. The summed E-state index contributed by atoms with van der Waals surface area (Å²) in [5.41, 5.74) is 1.38. The van der Waals surface area contributed by atoms with Crippen molar-refractivity contribution in [2.45, 2.75) is 24.2 Å². The summed E-state index contributed by atoms with van der Waals surface area (Å²) in [4.78, 5) is 15.4. The van der Waals surface area contributed by atoms with E-state index in [1.54, 1.807) is 24.4 Å². The van der Waals surface area contributed by atoms with Gasteiger partial charge in [0.15, 0.2) is 0 Å². The van der Waals surface area contributed by atoms with Gasteiger partial charge < -0.3 is 4.90 Å². The molecule has 2 aromatic carbocycles. The lowest BCUT2D eigenvalue weighted by Crippen LogP contribution is -2.46. The minimum Gasteiger partial charge on any atom is -0.312 e. The Morgan fingerprint density at radius 2 is 1.74 bits per heavy atom. The molecule has 0 atom stereocenters. The first-order chi connectivity index (χ1) is 14.8. The predicted octanol–water partition coefficient (Wildman–Crippen LogP) is 3.43. The first-order valence-electron chi connectivity index (χ1n) is 10.3. The van der Waals surface area contributed by atoms with Crippen LogP contribution in [0.15, 0.2) is 53.6 Å². The monoisotopic (exact) mass is 458 g/mol. The number of sulfonamides is 1. The number of nitrogens with zero attached hydrogens (tertiary/aromatic N) is 4. The number of hydrogen-bond acceptors (Lipinski definition) is 4. The highest BCUT2D eigenvalue weighted by Crippen LogP contribution is 2.44. The van der Waals surface area contributed by atoms with Crippen LogP contribution in [0.3, 0.4) is 0 Å². The van der Waals surface area contributed by atoms with Crippen molar-refractivity contribution in [3.8, 4) is 0 Å². The Morgan fingerprint density at radius 3 is 2.48 bits per heavy atom. The fourth-order valence-electron chi connectivity index (χ4n) is 4.80. The van der Waals surface area contributed by atoms with E-state index in [9.17, 15) is 13.2 Å². The van der Waals surface area contributed by atoms with Gasteiger partial charge in [-0.3, -0.25) is 9.48 Å². The minimum absolute atomic E-state index is 0.0885. The van der Waals surface area contributed by atoms with E-state index < -0.39 is 15.4 Å². The van der Waals surface area contributed by atoms with Gasteiger partial charge in [-0.15, -0.1) is 0 Å². The lowest BCUT2D eigenvalue weighted by Gasteiger charge is -2.37. The SMILES string of the molecule is Cn1ncc2cc(N3CCC4(CCN(S(=O)(=O)c5ccccc5Cl)CC4)C3=O)ccc21. The molecule has 1 spiro atoms. The second-order valence-electron chi connectivity index (χ2n) is 8.33. The number of benzene rings is 2. The third-order valence-corrected chi connectivity index (χ3v) is 9.09. The number of hydrogen-bond donors (Lipinski definition) is 0. The normalized spacial score (nSPS) is 19.5. The van der Waals surface area contributed by atoms with Gasteiger partial charge in [-0.2, -0.15) is 9.40 Å². The van der Waals surface area contributed by atoms with Crippen LogP contribution >= 0.6 is 11.6 Å². The molecule has 7 nitrogen and oxygen atoms in total. The molecule has 2 aliphatic heterocycles. The number of fused-ring (bicyclic) bond motifs is 1. The highest BCUT2D eigenvalue weighted by atomic mass is 35.5. The van der Waals surface area contributed by atoms with Crippen molar-refractivity contribution in [3.63, 3.8) is 0 Å². The minimum atomic E-state index is -3.68. The maximum absolute atomic E-state index is 13.4. The van der Waals surface area contributed by atoms with Crippen LogP contribution in [0.25, 0.3) is 10.9 Å². The highest BCUT2D eigenvalue weighted by Gasteiger charge is 2.50. The molecule has 0 aliphatic carbocycles. The van der Waals surface area contributed by atoms with Gasteiger partial charge >= 0.3 is 0 Å². The zero-order valence-electron chi connectivity index (χ0n) is 17.2. The van der Waals surface area contributed by atoms with Gasteiger partial charge in [-0.05, 0) is 49.6 Å². The molecule has 162 valence electrons. The molecular formula is C22H23ClN4O3S. The molecule has 0 radical (unpaired) electrons. The number of piperidine rings is 1. The van der Waals surface area contributed by atoms with Crippen LogP contribution in [0, 0.1) is 5.41 Å². The van der Waals surface area contributed by atoms with E-state index in [-0.39, 0.29) is 15.8 Å². The molecule has 0 N–H and O–H groups in total. The van der Waals surface area contributed by atoms with Gasteiger partial charge in [0.2, 0.25) is 15.9 Å². The van der Waals surface area contributed by atoms with Crippen molar-refractivity contribution in [3.05, 3.63) is 53.7 Å². The quantitative estimate of drug-likeness (QED) is 0.602. The Labute approximate surface area is 186 Å². The number of rotatable bonds is 3. The predicted molar refractivity (Wildman–Crippen MR) is 120 cm³/mol. The fraction of sp³-hybridized carbons (Fsp3) is 0.364. The Kier molecular flexibility index (Phi) is 4.84. The Hall–Kier alpha value is -2.42. The second kappa shape index (κ2) is 7.32. The lowest BCUT2D eigenvalue weighted by atomic mass is 9.77. The number of aryl methyl sites for hydroxylation is 1. The topological polar surface area (TPSA) is 75.5 Å². The van der Waals surface area contributed by atoms with Crippen molar-refractivity contribution >= 4 is 44.1 Å². The van der Waals surface area contributed by atoms with E-state index in [2.05, 4.69) is 5.10 Å².